The molecule has 16 heteroatoms. The van der Waals surface area contributed by atoms with Gasteiger partial charge in [-0.1, -0.05) is 23.2 Å². The lowest BCUT2D eigenvalue weighted by Crippen LogP contribution is -2.36. The molecule has 0 aliphatic carbocycles. The smallest absolute Gasteiger partial charge is 0.345 e. The van der Waals surface area contributed by atoms with Crippen molar-refractivity contribution in [1.29, 1.82) is 0 Å². The fourth-order valence-electron chi connectivity index (χ4n) is 2.34. The number of pyridine rings is 1. The van der Waals surface area contributed by atoms with E-state index >= 15 is 0 Å². The van der Waals surface area contributed by atoms with E-state index in [1.165, 1.54) is 24.7 Å². The summed E-state index contributed by atoms with van der Waals surface area (Å²) < 4.78 is 62.1. The molecule has 0 amide bonds. The van der Waals surface area contributed by atoms with Gasteiger partial charge in [-0.2, -0.15) is 13.2 Å². The molecule has 180 valence electrons. The molecule has 0 aliphatic rings. The monoisotopic (exact) mass is 536 g/mol. The number of rotatable bonds is 7. The predicted molar refractivity (Wildman–Crippen MR) is 116 cm³/mol. The van der Waals surface area contributed by atoms with Crippen LogP contribution in [0.5, 0.6) is 0 Å². The molecule has 0 atom stereocenters. The molecular formula is C18H13Cl2F3N6O4S. The lowest BCUT2D eigenvalue weighted by Gasteiger charge is -2.18. The number of sulfonamides is 1. The van der Waals surface area contributed by atoms with E-state index in [0.717, 1.165) is 12.1 Å². The van der Waals surface area contributed by atoms with Gasteiger partial charge in [0.05, 0.1) is 20.6 Å². The maximum atomic E-state index is 12.6. The van der Waals surface area contributed by atoms with E-state index in [-0.39, 0.29) is 21.0 Å². The lowest BCUT2D eigenvalue weighted by molar-refractivity contribution is -0.219. The van der Waals surface area contributed by atoms with E-state index in [1.807, 2.05) is 0 Å². The summed E-state index contributed by atoms with van der Waals surface area (Å²) >= 11 is 11.9. The van der Waals surface area contributed by atoms with Crippen LogP contribution in [0.1, 0.15) is 0 Å². The van der Waals surface area contributed by atoms with Gasteiger partial charge < -0.3 is 15.5 Å². The molecule has 0 radical (unpaired) electrons. The zero-order valence-corrected chi connectivity index (χ0v) is 19.2. The van der Waals surface area contributed by atoms with E-state index in [4.69, 9.17) is 23.2 Å². The average molecular weight is 537 g/mol. The van der Waals surface area contributed by atoms with E-state index in [2.05, 4.69) is 30.4 Å². The molecule has 0 fully saturated rings. The molecule has 34 heavy (non-hydrogen) atoms. The Balaban J connectivity index is 1.81. The number of benzene rings is 1. The molecule has 2 heterocycles. The minimum atomic E-state index is -5.38. The quantitative estimate of drug-likeness (QED) is 0.424. The number of hydroxylamine groups is 1. The number of nitrogens with one attached hydrogen (secondary N) is 2. The van der Waals surface area contributed by atoms with Crippen LogP contribution in [0.4, 0.5) is 36.3 Å². The second-order valence-electron chi connectivity index (χ2n) is 6.33. The van der Waals surface area contributed by atoms with Crippen molar-refractivity contribution in [2.45, 2.75) is 11.1 Å². The van der Waals surface area contributed by atoms with Crippen LogP contribution in [0.2, 0.25) is 10.0 Å². The van der Waals surface area contributed by atoms with Crippen molar-refractivity contribution in [3.05, 3.63) is 59.0 Å². The molecule has 0 bridgehead atoms. The van der Waals surface area contributed by atoms with Crippen molar-refractivity contribution in [2.24, 2.45) is 0 Å². The second-order valence-corrected chi connectivity index (χ2v) is 9.11. The summed E-state index contributed by atoms with van der Waals surface area (Å²) in [7, 11) is -4.00. The normalized spacial score (nSPS) is 11.9. The molecule has 3 rings (SSSR count). The number of alkyl halides is 3. The summed E-state index contributed by atoms with van der Waals surface area (Å²) in [4.78, 5) is 26.5. The highest BCUT2D eigenvalue weighted by molar-refractivity contribution is 7.89. The van der Waals surface area contributed by atoms with Gasteiger partial charge in [-0.3, -0.25) is 0 Å². The largest absolute Gasteiger partial charge is 0.492 e. The van der Waals surface area contributed by atoms with Crippen LogP contribution < -0.4 is 10.6 Å². The van der Waals surface area contributed by atoms with Crippen molar-refractivity contribution in [2.75, 3.05) is 17.7 Å². The van der Waals surface area contributed by atoms with Crippen LogP contribution in [0.3, 0.4) is 0 Å². The van der Waals surface area contributed by atoms with Crippen LogP contribution in [-0.4, -0.2) is 47.0 Å². The topological polar surface area (TPSA) is 126 Å². The molecular weight excluding hydrogens is 524 g/mol. The highest BCUT2D eigenvalue weighted by Crippen LogP contribution is 2.30. The third-order valence-corrected chi connectivity index (χ3v) is 6.08. The number of nitrogens with zero attached hydrogens (tertiary/aromatic N) is 4. The Bertz CT molecular complexity index is 1310. The summed E-state index contributed by atoms with van der Waals surface area (Å²) in [5.74, 6) is -1.73. The molecule has 2 N–H and O–H groups in total. The van der Waals surface area contributed by atoms with E-state index in [9.17, 15) is 26.4 Å². The Morgan fingerprint density at radius 2 is 1.68 bits per heavy atom. The van der Waals surface area contributed by atoms with E-state index in [1.54, 1.807) is 12.1 Å². The molecule has 1 aromatic carbocycles. The van der Waals surface area contributed by atoms with Crippen molar-refractivity contribution >= 4 is 62.3 Å². The van der Waals surface area contributed by atoms with Gasteiger partial charge in [-0.15, -0.1) is 0 Å². The Labute approximate surface area is 200 Å². The maximum Gasteiger partial charge on any atom is 0.492 e. The molecule has 0 aliphatic heterocycles. The van der Waals surface area contributed by atoms with Crippen LogP contribution in [0, 0.1) is 0 Å². The number of anilines is 4. The molecule has 2 aromatic heterocycles. The second kappa shape index (κ2) is 9.97. The average Bonchev–Trinajstić information content (AvgIpc) is 2.76. The number of aromatic nitrogens is 3. The Kier molecular flexibility index (Phi) is 7.45. The fourth-order valence-corrected chi connectivity index (χ4v) is 3.59. The first kappa shape index (κ1) is 25.4. The number of hydrogen-bond donors (Lipinski definition) is 2. The number of hydrogen-bond acceptors (Lipinski definition) is 9. The van der Waals surface area contributed by atoms with Gasteiger partial charge in [-0.05, 0) is 34.8 Å². The zero-order valence-electron chi connectivity index (χ0n) is 16.8. The van der Waals surface area contributed by atoms with Gasteiger partial charge in [0, 0.05) is 19.3 Å². The first-order valence-corrected chi connectivity index (χ1v) is 11.1. The Hall–Kier alpha value is -3.20. The van der Waals surface area contributed by atoms with Gasteiger partial charge in [0.15, 0.2) is 0 Å². The molecule has 10 nitrogen and oxygen atoms in total. The lowest BCUT2D eigenvalue weighted by atomic mass is 10.3. The van der Waals surface area contributed by atoms with Gasteiger partial charge >= 0.3 is 12.1 Å². The number of halogens is 5. The summed E-state index contributed by atoms with van der Waals surface area (Å²) in [6.07, 6.45) is -2.74. The zero-order chi connectivity index (χ0) is 25.1. The maximum absolute atomic E-state index is 12.6. The molecule has 0 unspecified atom stereocenters. The van der Waals surface area contributed by atoms with Gasteiger partial charge in [0.25, 0.3) is 10.0 Å². The van der Waals surface area contributed by atoms with Crippen LogP contribution >= 0.6 is 23.2 Å². The summed E-state index contributed by atoms with van der Waals surface area (Å²) in [5.41, 5.74) is 0.0487. The molecule has 3 aromatic rings. The van der Waals surface area contributed by atoms with E-state index in [0.29, 0.717) is 23.7 Å². The van der Waals surface area contributed by atoms with E-state index < -0.39 is 27.1 Å². The third-order valence-electron chi connectivity index (χ3n) is 3.93. The van der Waals surface area contributed by atoms with Crippen LogP contribution in [0.15, 0.2) is 53.8 Å². The van der Waals surface area contributed by atoms with Gasteiger partial charge in [0.2, 0.25) is 0 Å². The SMILES string of the molecule is CN(OC(=O)C(F)(F)F)S(=O)(=O)c1ccc(Cl)c(Nc2cc(Nc3ccc(Cl)cn3)ncn2)c1. The molecule has 0 spiro atoms. The standard InChI is InChI=1S/C18H13Cl2F3N6O4S/c1-29(33-17(30)18(21,22)23)34(31,32)11-3-4-12(20)13(6-11)27-15-7-16(26-9-25-15)28-14-5-2-10(19)8-24-14/h2-9H,1H3,(H2,24,25,26,27,28). The van der Waals surface area contributed by atoms with Gasteiger partial charge in [-0.25, -0.2) is 28.2 Å². The number of carbonyl (C=O) groups is 1. The summed E-state index contributed by atoms with van der Waals surface area (Å²) in [5, 5.41) is 6.22. The summed E-state index contributed by atoms with van der Waals surface area (Å²) in [6, 6.07) is 7.95. The first-order valence-electron chi connectivity index (χ1n) is 8.91. The first-order chi connectivity index (χ1) is 15.9. The Morgan fingerprint density at radius 3 is 2.29 bits per heavy atom. The molecule has 0 saturated carbocycles. The minimum absolute atomic E-state index is 0.0487. The minimum Gasteiger partial charge on any atom is -0.345 e. The Morgan fingerprint density at radius 1 is 1.00 bits per heavy atom. The highest BCUT2D eigenvalue weighted by atomic mass is 35.5. The van der Waals surface area contributed by atoms with Crippen molar-refractivity contribution in [1.82, 2.24) is 19.4 Å². The van der Waals surface area contributed by atoms with Gasteiger partial charge in [0.1, 0.15) is 23.8 Å². The predicted octanol–water partition coefficient (Wildman–Crippen LogP) is 4.31. The molecule has 0 saturated heterocycles. The van der Waals surface area contributed by atoms with Crippen LogP contribution in [0.25, 0.3) is 0 Å². The van der Waals surface area contributed by atoms with Crippen molar-refractivity contribution < 1.29 is 31.2 Å². The summed E-state index contributed by atoms with van der Waals surface area (Å²) in [6.45, 7) is 0. The fraction of sp³-hybridized carbons (Fsp3) is 0.111. The van der Waals surface area contributed by atoms with Crippen molar-refractivity contribution in [3.63, 3.8) is 0 Å². The number of carbonyl (C=O) groups excluding carboxylic acids is 1. The third kappa shape index (κ3) is 6.22. The highest BCUT2D eigenvalue weighted by Gasteiger charge is 2.43. The van der Waals surface area contributed by atoms with Crippen molar-refractivity contribution in [3.8, 4) is 0 Å². The van der Waals surface area contributed by atoms with Crippen LogP contribution in [-0.2, 0) is 19.7 Å².